The molecule has 25 heavy (non-hydrogen) atoms. The molecule has 7 nitrogen and oxygen atoms in total. The molecule has 1 N–H and O–H groups in total. The number of nitrogens with zero attached hydrogens (tertiary/aromatic N) is 2. The molecule has 9 heteroatoms. The number of sulfonamides is 1. The van der Waals surface area contributed by atoms with E-state index in [2.05, 4.69) is 4.72 Å². The molecule has 0 amide bonds. The van der Waals surface area contributed by atoms with Crippen LogP contribution in [0.5, 0.6) is 0 Å². The molecule has 0 atom stereocenters. The van der Waals surface area contributed by atoms with Crippen LogP contribution in [0.1, 0.15) is 24.0 Å². The van der Waals surface area contributed by atoms with Crippen molar-refractivity contribution in [1.29, 1.82) is 0 Å². The minimum atomic E-state index is -3.40. The van der Waals surface area contributed by atoms with E-state index in [1.807, 2.05) is 25.1 Å². The third kappa shape index (κ3) is 5.75. The van der Waals surface area contributed by atoms with Crippen LogP contribution in [0.2, 0.25) is 0 Å². The normalized spacial score (nSPS) is 17.9. The second-order valence-corrected chi connectivity index (χ2v) is 10.7. The number of hydrogen-bond acceptors (Lipinski definition) is 4. The second-order valence-electron chi connectivity index (χ2n) is 6.73. The molecule has 0 aliphatic carbocycles. The van der Waals surface area contributed by atoms with Gasteiger partial charge in [-0.1, -0.05) is 29.8 Å². The van der Waals surface area contributed by atoms with Crippen molar-refractivity contribution in [3.05, 3.63) is 35.4 Å². The van der Waals surface area contributed by atoms with E-state index in [1.165, 1.54) is 22.7 Å². The molecule has 0 saturated carbocycles. The van der Waals surface area contributed by atoms with Crippen LogP contribution in [0.3, 0.4) is 0 Å². The molecule has 1 aromatic rings. The van der Waals surface area contributed by atoms with Gasteiger partial charge in [0, 0.05) is 33.7 Å². The molecule has 1 aromatic carbocycles. The van der Waals surface area contributed by atoms with E-state index in [9.17, 15) is 16.8 Å². The van der Waals surface area contributed by atoms with Gasteiger partial charge in [0.25, 0.3) is 10.2 Å². The SMILES string of the molecule is Cc1cccc(CS(=O)(=O)NCC2CCN(S(=O)(=O)N(C)C)CC2)c1. The van der Waals surface area contributed by atoms with E-state index in [-0.39, 0.29) is 11.7 Å². The van der Waals surface area contributed by atoms with Crippen molar-refractivity contribution < 1.29 is 16.8 Å². The van der Waals surface area contributed by atoms with Gasteiger partial charge in [-0.05, 0) is 31.2 Å². The molecule has 0 spiro atoms. The van der Waals surface area contributed by atoms with Crippen molar-refractivity contribution in [2.75, 3.05) is 33.7 Å². The lowest BCUT2D eigenvalue weighted by Crippen LogP contribution is -2.45. The number of benzene rings is 1. The summed E-state index contributed by atoms with van der Waals surface area (Å²) in [6.45, 7) is 3.12. The highest BCUT2D eigenvalue weighted by molar-refractivity contribution is 7.88. The van der Waals surface area contributed by atoms with Gasteiger partial charge < -0.3 is 0 Å². The number of hydrogen-bond donors (Lipinski definition) is 1. The van der Waals surface area contributed by atoms with Crippen LogP contribution in [-0.4, -0.2) is 59.2 Å². The Kier molecular flexibility index (Phi) is 6.61. The number of piperidine rings is 1. The van der Waals surface area contributed by atoms with Crippen molar-refractivity contribution in [2.24, 2.45) is 5.92 Å². The fraction of sp³-hybridized carbons (Fsp3) is 0.625. The second kappa shape index (κ2) is 8.13. The number of nitrogens with one attached hydrogen (secondary N) is 1. The van der Waals surface area contributed by atoms with E-state index in [4.69, 9.17) is 0 Å². The van der Waals surface area contributed by atoms with Crippen molar-refractivity contribution in [1.82, 2.24) is 13.3 Å². The Morgan fingerprint density at radius 2 is 1.80 bits per heavy atom. The fourth-order valence-corrected chi connectivity index (χ4v) is 5.24. The highest BCUT2D eigenvalue weighted by Crippen LogP contribution is 2.20. The third-order valence-electron chi connectivity index (χ3n) is 4.39. The predicted molar refractivity (Wildman–Crippen MR) is 98.7 cm³/mol. The predicted octanol–water partition coefficient (Wildman–Crippen LogP) is 0.933. The van der Waals surface area contributed by atoms with Gasteiger partial charge in [-0.3, -0.25) is 0 Å². The third-order valence-corrected chi connectivity index (χ3v) is 7.65. The number of rotatable bonds is 7. The average molecular weight is 390 g/mol. The first-order valence-electron chi connectivity index (χ1n) is 8.30. The van der Waals surface area contributed by atoms with Crippen LogP contribution in [0, 0.1) is 12.8 Å². The zero-order chi connectivity index (χ0) is 18.7. The van der Waals surface area contributed by atoms with Gasteiger partial charge in [-0.15, -0.1) is 0 Å². The molecular weight excluding hydrogens is 362 g/mol. The van der Waals surface area contributed by atoms with Gasteiger partial charge in [0.1, 0.15) is 0 Å². The molecule has 2 rings (SSSR count). The molecule has 0 bridgehead atoms. The quantitative estimate of drug-likeness (QED) is 0.752. The first-order chi connectivity index (χ1) is 11.6. The van der Waals surface area contributed by atoms with Crippen LogP contribution in [0.25, 0.3) is 0 Å². The molecule has 0 radical (unpaired) electrons. The molecule has 1 saturated heterocycles. The maximum atomic E-state index is 12.2. The Labute approximate surface area is 151 Å². The molecule has 1 heterocycles. The Morgan fingerprint density at radius 3 is 2.36 bits per heavy atom. The van der Waals surface area contributed by atoms with Crippen LogP contribution in [0.15, 0.2) is 24.3 Å². The lowest BCUT2D eigenvalue weighted by molar-refractivity contribution is 0.263. The lowest BCUT2D eigenvalue weighted by Gasteiger charge is -2.32. The van der Waals surface area contributed by atoms with Gasteiger partial charge in [-0.25, -0.2) is 13.1 Å². The Balaban J connectivity index is 1.84. The van der Waals surface area contributed by atoms with Gasteiger partial charge in [-0.2, -0.15) is 17.0 Å². The standard InChI is InChI=1S/C16H27N3O4S2/c1-14-5-4-6-16(11-14)13-24(20,21)17-12-15-7-9-19(10-8-15)25(22,23)18(2)3/h4-6,11,15,17H,7-10,12-13H2,1-3H3. The summed E-state index contributed by atoms with van der Waals surface area (Å²) in [6.07, 6.45) is 1.31. The highest BCUT2D eigenvalue weighted by atomic mass is 32.2. The molecule has 1 fully saturated rings. The summed E-state index contributed by atoms with van der Waals surface area (Å²) in [5.41, 5.74) is 1.79. The fourth-order valence-electron chi connectivity index (χ4n) is 2.89. The van der Waals surface area contributed by atoms with Crippen molar-refractivity contribution in [3.8, 4) is 0 Å². The van der Waals surface area contributed by atoms with Crippen LogP contribution < -0.4 is 4.72 Å². The van der Waals surface area contributed by atoms with Gasteiger partial charge >= 0.3 is 0 Å². The topological polar surface area (TPSA) is 86.8 Å². The molecule has 142 valence electrons. The molecular formula is C16H27N3O4S2. The van der Waals surface area contributed by atoms with E-state index >= 15 is 0 Å². The number of aryl methyl sites for hydroxylation is 1. The van der Waals surface area contributed by atoms with Crippen molar-refractivity contribution in [3.63, 3.8) is 0 Å². The summed E-state index contributed by atoms with van der Waals surface area (Å²) in [6, 6.07) is 7.45. The summed E-state index contributed by atoms with van der Waals surface area (Å²) in [5, 5.41) is 0. The largest absolute Gasteiger partial charge is 0.281 e. The van der Waals surface area contributed by atoms with Gasteiger partial charge in [0.2, 0.25) is 10.0 Å². The van der Waals surface area contributed by atoms with Crippen molar-refractivity contribution >= 4 is 20.2 Å². The van der Waals surface area contributed by atoms with Crippen molar-refractivity contribution in [2.45, 2.75) is 25.5 Å². The van der Waals surface area contributed by atoms with E-state index < -0.39 is 20.2 Å². The first-order valence-corrected chi connectivity index (χ1v) is 11.4. The molecule has 0 unspecified atom stereocenters. The summed E-state index contributed by atoms with van der Waals surface area (Å²) in [4.78, 5) is 0. The van der Waals surface area contributed by atoms with E-state index in [0.717, 1.165) is 11.1 Å². The van der Waals surface area contributed by atoms with Gasteiger partial charge in [0.15, 0.2) is 0 Å². The molecule has 0 aromatic heterocycles. The van der Waals surface area contributed by atoms with E-state index in [0.29, 0.717) is 32.5 Å². The Morgan fingerprint density at radius 1 is 1.16 bits per heavy atom. The van der Waals surface area contributed by atoms with Gasteiger partial charge in [0.05, 0.1) is 5.75 Å². The smallest absolute Gasteiger partial charge is 0.215 e. The lowest BCUT2D eigenvalue weighted by atomic mass is 9.99. The maximum absolute atomic E-state index is 12.2. The zero-order valence-electron chi connectivity index (χ0n) is 15.0. The average Bonchev–Trinajstić information content (AvgIpc) is 2.53. The zero-order valence-corrected chi connectivity index (χ0v) is 16.6. The maximum Gasteiger partial charge on any atom is 0.281 e. The van der Waals surface area contributed by atoms with E-state index in [1.54, 1.807) is 6.07 Å². The highest BCUT2D eigenvalue weighted by Gasteiger charge is 2.29. The first kappa shape index (κ1) is 20.3. The minimum Gasteiger partial charge on any atom is -0.215 e. The summed E-state index contributed by atoms with van der Waals surface area (Å²) in [5.74, 6) is 0.114. The molecule has 1 aliphatic rings. The monoisotopic (exact) mass is 389 g/mol. The van der Waals surface area contributed by atoms with Crippen LogP contribution in [0.4, 0.5) is 0 Å². The molecule has 1 aliphatic heterocycles. The Bertz CT molecular complexity index is 783. The minimum absolute atomic E-state index is 0.0392. The summed E-state index contributed by atoms with van der Waals surface area (Å²) >= 11 is 0. The van der Waals surface area contributed by atoms with Crippen LogP contribution in [-0.2, 0) is 26.0 Å². The van der Waals surface area contributed by atoms with Crippen LogP contribution >= 0.6 is 0 Å². The summed E-state index contributed by atoms with van der Waals surface area (Å²) in [7, 11) is -3.75. The Hall–Kier alpha value is -1.00. The summed E-state index contributed by atoms with van der Waals surface area (Å²) < 4.78 is 54.0.